The van der Waals surface area contributed by atoms with Gasteiger partial charge in [0.25, 0.3) is 0 Å². The van der Waals surface area contributed by atoms with Gasteiger partial charge in [-0.2, -0.15) is 0 Å². The van der Waals surface area contributed by atoms with Crippen LogP contribution in [0.15, 0.2) is 12.2 Å². The predicted octanol–water partition coefficient (Wildman–Crippen LogP) is 1.97. The van der Waals surface area contributed by atoms with Crippen LogP contribution in [0.25, 0.3) is 0 Å². The second kappa shape index (κ2) is 3.95. The van der Waals surface area contributed by atoms with Gasteiger partial charge in [0.15, 0.2) is 0 Å². The van der Waals surface area contributed by atoms with Crippen molar-refractivity contribution in [3.63, 3.8) is 0 Å². The normalized spacial score (nSPS) is 28.0. The molecular weight excluding hydrogens is 162 g/mol. The maximum atomic E-state index is 11.9. The third-order valence-corrected chi connectivity index (χ3v) is 3.04. The molecule has 2 rings (SSSR count). The van der Waals surface area contributed by atoms with Gasteiger partial charge in [-0.25, -0.2) is 0 Å². The SMILES string of the molecule is O=C(C1CC=CCC1)N1CCCC1. The lowest BCUT2D eigenvalue weighted by Crippen LogP contribution is -2.34. The number of amides is 1. The van der Waals surface area contributed by atoms with Crippen LogP contribution in [0.2, 0.25) is 0 Å². The van der Waals surface area contributed by atoms with Crippen molar-refractivity contribution < 1.29 is 4.79 Å². The minimum absolute atomic E-state index is 0.295. The zero-order valence-electron chi connectivity index (χ0n) is 8.04. The van der Waals surface area contributed by atoms with Gasteiger partial charge in [0, 0.05) is 19.0 Å². The molecule has 1 aliphatic heterocycles. The lowest BCUT2D eigenvalue weighted by Gasteiger charge is -2.23. The van der Waals surface area contributed by atoms with Gasteiger partial charge in [-0.15, -0.1) is 0 Å². The molecule has 2 heteroatoms. The number of carbonyl (C=O) groups excluding carboxylic acids is 1. The van der Waals surface area contributed by atoms with Crippen LogP contribution < -0.4 is 0 Å². The van der Waals surface area contributed by atoms with E-state index in [-0.39, 0.29) is 0 Å². The van der Waals surface area contributed by atoms with Crippen LogP contribution in [0.4, 0.5) is 0 Å². The predicted molar refractivity (Wildman–Crippen MR) is 52.3 cm³/mol. The van der Waals surface area contributed by atoms with Crippen LogP contribution in [0.1, 0.15) is 32.1 Å². The molecule has 0 saturated carbocycles. The Morgan fingerprint density at radius 2 is 2.00 bits per heavy atom. The van der Waals surface area contributed by atoms with Crippen molar-refractivity contribution in [2.45, 2.75) is 32.1 Å². The summed E-state index contributed by atoms with van der Waals surface area (Å²) in [6.07, 6.45) is 9.86. The summed E-state index contributed by atoms with van der Waals surface area (Å²) >= 11 is 0. The Labute approximate surface area is 79.6 Å². The van der Waals surface area contributed by atoms with Crippen LogP contribution in [-0.4, -0.2) is 23.9 Å². The number of likely N-dealkylation sites (tertiary alicyclic amines) is 1. The third-order valence-electron chi connectivity index (χ3n) is 3.04. The number of hydrogen-bond donors (Lipinski definition) is 0. The number of hydrogen-bond acceptors (Lipinski definition) is 1. The Morgan fingerprint density at radius 3 is 2.62 bits per heavy atom. The van der Waals surface area contributed by atoms with E-state index in [0.717, 1.165) is 32.4 Å². The number of carbonyl (C=O) groups is 1. The second-order valence-electron chi connectivity index (χ2n) is 4.01. The molecule has 1 amide bonds. The molecule has 1 aliphatic carbocycles. The average Bonchev–Trinajstić information content (AvgIpc) is 2.71. The topological polar surface area (TPSA) is 20.3 Å². The standard InChI is InChI=1S/C11H17NO/c13-11(12-8-4-5-9-12)10-6-2-1-3-7-10/h1-2,10H,3-9H2. The number of allylic oxidation sites excluding steroid dienone is 2. The number of rotatable bonds is 1. The van der Waals surface area contributed by atoms with Crippen LogP contribution in [-0.2, 0) is 4.79 Å². The van der Waals surface area contributed by atoms with Crippen molar-refractivity contribution >= 4 is 5.91 Å². The van der Waals surface area contributed by atoms with E-state index in [4.69, 9.17) is 0 Å². The van der Waals surface area contributed by atoms with Crippen molar-refractivity contribution in [1.29, 1.82) is 0 Å². The molecule has 1 heterocycles. The molecule has 0 N–H and O–H groups in total. The van der Waals surface area contributed by atoms with E-state index in [1.165, 1.54) is 12.8 Å². The molecular formula is C11H17NO. The highest BCUT2D eigenvalue weighted by Crippen LogP contribution is 2.22. The molecule has 2 nitrogen and oxygen atoms in total. The van der Waals surface area contributed by atoms with Gasteiger partial charge in [-0.05, 0) is 32.1 Å². The van der Waals surface area contributed by atoms with E-state index in [1.807, 2.05) is 4.90 Å². The highest BCUT2D eigenvalue weighted by atomic mass is 16.2. The number of nitrogens with zero attached hydrogens (tertiary/aromatic N) is 1. The first-order valence-electron chi connectivity index (χ1n) is 5.32. The molecule has 2 aliphatic rings. The molecule has 0 bridgehead atoms. The Bertz CT molecular complexity index is 216. The van der Waals surface area contributed by atoms with Crippen molar-refractivity contribution in [3.8, 4) is 0 Å². The van der Waals surface area contributed by atoms with E-state index in [1.54, 1.807) is 0 Å². The Balaban J connectivity index is 1.91. The molecule has 1 fully saturated rings. The van der Waals surface area contributed by atoms with Gasteiger partial charge in [0.05, 0.1) is 0 Å². The fraction of sp³-hybridized carbons (Fsp3) is 0.727. The van der Waals surface area contributed by atoms with Crippen molar-refractivity contribution in [2.75, 3.05) is 13.1 Å². The smallest absolute Gasteiger partial charge is 0.226 e. The quantitative estimate of drug-likeness (QED) is 0.563. The summed E-state index contributed by atoms with van der Waals surface area (Å²) in [4.78, 5) is 13.9. The van der Waals surface area contributed by atoms with Gasteiger partial charge >= 0.3 is 0 Å². The third kappa shape index (κ3) is 1.93. The fourth-order valence-corrected chi connectivity index (χ4v) is 2.21. The Hall–Kier alpha value is -0.790. The summed E-state index contributed by atoms with van der Waals surface area (Å²) in [5.74, 6) is 0.699. The molecule has 1 unspecified atom stereocenters. The van der Waals surface area contributed by atoms with E-state index in [9.17, 15) is 4.79 Å². The largest absolute Gasteiger partial charge is 0.342 e. The molecule has 0 spiro atoms. The molecule has 72 valence electrons. The highest BCUT2D eigenvalue weighted by molar-refractivity contribution is 5.79. The zero-order valence-corrected chi connectivity index (χ0v) is 8.04. The average molecular weight is 179 g/mol. The summed E-state index contributed by atoms with van der Waals surface area (Å²) in [7, 11) is 0. The Kier molecular flexibility index (Phi) is 2.67. The van der Waals surface area contributed by atoms with Crippen molar-refractivity contribution in [1.82, 2.24) is 4.90 Å². The van der Waals surface area contributed by atoms with E-state index in [0.29, 0.717) is 11.8 Å². The lowest BCUT2D eigenvalue weighted by atomic mass is 9.93. The molecule has 0 aromatic carbocycles. The molecule has 13 heavy (non-hydrogen) atoms. The first-order chi connectivity index (χ1) is 6.38. The zero-order chi connectivity index (χ0) is 9.10. The molecule has 1 atom stereocenters. The summed E-state index contributed by atoms with van der Waals surface area (Å²) in [6, 6.07) is 0. The molecule has 0 radical (unpaired) electrons. The minimum atomic E-state index is 0.295. The first-order valence-corrected chi connectivity index (χ1v) is 5.32. The van der Waals surface area contributed by atoms with Gasteiger partial charge in [0.2, 0.25) is 5.91 Å². The summed E-state index contributed by atoms with van der Waals surface area (Å²) in [5.41, 5.74) is 0. The molecule has 1 saturated heterocycles. The monoisotopic (exact) mass is 179 g/mol. The van der Waals surface area contributed by atoms with Crippen molar-refractivity contribution in [3.05, 3.63) is 12.2 Å². The van der Waals surface area contributed by atoms with Gasteiger partial charge in [-0.1, -0.05) is 12.2 Å². The first kappa shape index (κ1) is 8.79. The highest BCUT2D eigenvalue weighted by Gasteiger charge is 2.25. The lowest BCUT2D eigenvalue weighted by molar-refractivity contribution is -0.134. The molecule has 0 aromatic rings. The fourth-order valence-electron chi connectivity index (χ4n) is 2.21. The van der Waals surface area contributed by atoms with Gasteiger partial charge < -0.3 is 4.90 Å². The van der Waals surface area contributed by atoms with Crippen LogP contribution in [0, 0.1) is 5.92 Å². The second-order valence-corrected chi connectivity index (χ2v) is 4.01. The van der Waals surface area contributed by atoms with Crippen LogP contribution in [0.3, 0.4) is 0 Å². The van der Waals surface area contributed by atoms with Gasteiger partial charge in [0.1, 0.15) is 0 Å². The Morgan fingerprint density at radius 1 is 1.23 bits per heavy atom. The molecule has 0 aromatic heterocycles. The summed E-state index contributed by atoms with van der Waals surface area (Å²) in [5, 5.41) is 0. The van der Waals surface area contributed by atoms with Crippen LogP contribution in [0.5, 0.6) is 0 Å². The summed E-state index contributed by atoms with van der Waals surface area (Å²) < 4.78 is 0. The van der Waals surface area contributed by atoms with Crippen LogP contribution >= 0.6 is 0 Å². The van der Waals surface area contributed by atoms with E-state index >= 15 is 0 Å². The minimum Gasteiger partial charge on any atom is -0.342 e. The maximum absolute atomic E-state index is 11.9. The van der Waals surface area contributed by atoms with Gasteiger partial charge in [-0.3, -0.25) is 4.79 Å². The van der Waals surface area contributed by atoms with Crippen molar-refractivity contribution in [2.24, 2.45) is 5.92 Å². The summed E-state index contributed by atoms with van der Waals surface area (Å²) in [6.45, 7) is 2.00. The van der Waals surface area contributed by atoms with E-state index in [2.05, 4.69) is 12.2 Å². The maximum Gasteiger partial charge on any atom is 0.226 e. The van der Waals surface area contributed by atoms with E-state index < -0.39 is 0 Å².